The van der Waals surface area contributed by atoms with Gasteiger partial charge in [0.15, 0.2) is 0 Å². The van der Waals surface area contributed by atoms with Gasteiger partial charge in [-0.25, -0.2) is 4.39 Å². The summed E-state index contributed by atoms with van der Waals surface area (Å²) in [5.41, 5.74) is 0.488. The Morgan fingerprint density at radius 1 is 1.50 bits per heavy atom. The summed E-state index contributed by atoms with van der Waals surface area (Å²) in [6.45, 7) is 4.07. The van der Waals surface area contributed by atoms with Gasteiger partial charge in [0.1, 0.15) is 12.1 Å². The Balaban J connectivity index is 1.84. The molecule has 1 aromatic rings. The second-order valence-corrected chi connectivity index (χ2v) is 5.86. The van der Waals surface area contributed by atoms with E-state index in [1.807, 2.05) is 0 Å². The maximum atomic E-state index is 14.0. The van der Waals surface area contributed by atoms with E-state index in [-0.39, 0.29) is 36.5 Å². The lowest BCUT2D eigenvalue weighted by molar-refractivity contribution is -0.150. The molecule has 22 heavy (non-hydrogen) atoms. The number of aromatic nitrogens is 1. The van der Waals surface area contributed by atoms with Crippen molar-refractivity contribution < 1.29 is 13.9 Å². The first kappa shape index (κ1) is 15.3. The third-order valence-electron chi connectivity index (χ3n) is 4.40. The van der Waals surface area contributed by atoms with Crippen LogP contribution in [0.1, 0.15) is 24.9 Å². The fourth-order valence-corrected chi connectivity index (χ4v) is 3.10. The van der Waals surface area contributed by atoms with Crippen LogP contribution in [0.4, 0.5) is 4.39 Å². The molecular weight excluding hydrogens is 287 g/mol. The molecule has 0 saturated carbocycles. The van der Waals surface area contributed by atoms with Crippen molar-refractivity contribution in [2.45, 2.75) is 31.7 Å². The molecule has 0 spiro atoms. The minimum Gasteiger partial charge on any atom is -0.379 e. The molecule has 3 atom stereocenters. The number of carbonyl (C=O) groups excluding carboxylic acids is 1. The van der Waals surface area contributed by atoms with Crippen LogP contribution < -0.4 is 5.32 Å². The SMILES string of the molecule is C[C@H]1COCCN1C1NC(c2ccncc2F)CC(=O)N1C. The summed E-state index contributed by atoms with van der Waals surface area (Å²) >= 11 is 0. The summed E-state index contributed by atoms with van der Waals surface area (Å²) in [4.78, 5) is 20.0. The molecule has 7 heteroatoms. The summed E-state index contributed by atoms with van der Waals surface area (Å²) in [7, 11) is 1.78. The fourth-order valence-electron chi connectivity index (χ4n) is 3.10. The van der Waals surface area contributed by atoms with E-state index in [1.165, 1.54) is 6.20 Å². The molecule has 0 bridgehead atoms. The molecule has 2 aliphatic heterocycles. The van der Waals surface area contributed by atoms with Gasteiger partial charge in [-0.15, -0.1) is 0 Å². The van der Waals surface area contributed by atoms with Crippen LogP contribution in [0.25, 0.3) is 0 Å². The molecule has 1 aromatic heterocycles. The summed E-state index contributed by atoms with van der Waals surface area (Å²) < 4.78 is 19.4. The molecule has 0 radical (unpaired) electrons. The maximum Gasteiger partial charge on any atom is 0.226 e. The molecule has 2 saturated heterocycles. The molecule has 3 rings (SSSR count). The van der Waals surface area contributed by atoms with E-state index in [4.69, 9.17) is 4.74 Å². The van der Waals surface area contributed by atoms with Crippen molar-refractivity contribution in [2.75, 3.05) is 26.8 Å². The summed E-state index contributed by atoms with van der Waals surface area (Å²) in [5.74, 6) is -0.380. The average Bonchev–Trinajstić information content (AvgIpc) is 2.51. The molecule has 2 fully saturated rings. The number of rotatable bonds is 2. The predicted molar refractivity (Wildman–Crippen MR) is 78.2 cm³/mol. The van der Waals surface area contributed by atoms with Gasteiger partial charge in [0, 0.05) is 43.9 Å². The van der Waals surface area contributed by atoms with Crippen LogP contribution in [0.2, 0.25) is 0 Å². The van der Waals surface area contributed by atoms with Crippen molar-refractivity contribution in [1.82, 2.24) is 20.1 Å². The van der Waals surface area contributed by atoms with Gasteiger partial charge in [0.25, 0.3) is 0 Å². The molecule has 2 aliphatic rings. The highest BCUT2D eigenvalue weighted by Crippen LogP contribution is 2.27. The van der Waals surface area contributed by atoms with Gasteiger partial charge in [0.2, 0.25) is 5.91 Å². The molecular formula is C15H21FN4O2. The van der Waals surface area contributed by atoms with Crippen LogP contribution in [-0.4, -0.2) is 59.8 Å². The number of nitrogens with zero attached hydrogens (tertiary/aromatic N) is 3. The number of hydrogen-bond donors (Lipinski definition) is 1. The minimum absolute atomic E-state index is 0.00338. The van der Waals surface area contributed by atoms with Gasteiger partial charge in [-0.3, -0.25) is 20.0 Å². The average molecular weight is 308 g/mol. The number of carbonyl (C=O) groups is 1. The first-order valence-electron chi connectivity index (χ1n) is 7.52. The zero-order valence-electron chi connectivity index (χ0n) is 12.8. The predicted octanol–water partition coefficient (Wildman–Crippen LogP) is 0.718. The Kier molecular flexibility index (Phi) is 4.37. The Labute approximate surface area is 129 Å². The first-order chi connectivity index (χ1) is 10.6. The third-order valence-corrected chi connectivity index (χ3v) is 4.40. The number of nitrogens with one attached hydrogen (secondary N) is 1. The number of morpholine rings is 1. The van der Waals surface area contributed by atoms with Crippen molar-refractivity contribution in [2.24, 2.45) is 0 Å². The van der Waals surface area contributed by atoms with E-state index < -0.39 is 0 Å². The molecule has 2 unspecified atom stereocenters. The van der Waals surface area contributed by atoms with Gasteiger partial charge in [0.05, 0.1) is 19.4 Å². The molecule has 1 N–H and O–H groups in total. The van der Waals surface area contributed by atoms with E-state index in [0.717, 1.165) is 6.54 Å². The zero-order chi connectivity index (χ0) is 15.7. The van der Waals surface area contributed by atoms with E-state index in [1.54, 1.807) is 24.2 Å². The van der Waals surface area contributed by atoms with Crippen LogP contribution in [0, 0.1) is 5.82 Å². The highest BCUT2D eigenvalue weighted by Gasteiger charge is 2.38. The Bertz CT molecular complexity index is 556. The van der Waals surface area contributed by atoms with Gasteiger partial charge >= 0.3 is 0 Å². The van der Waals surface area contributed by atoms with Crippen LogP contribution in [-0.2, 0) is 9.53 Å². The number of ether oxygens (including phenoxy) is 1. The van der Waals surface area contributed by atoms with Crippen molar-refractivity contribution >= 4 is 5.91 Å². The largest absolute Gasteiger partial charge is 0.379 e. The highest BCUT2D eigenvalue weighted by atomic mass is 19.1. The third kappa shape index (κ3) is 2.84. The molecule has 120 valence electrons. The Hall–Kier alpha value is -1.57. The van der Waals surface area contributed by atoms with Crippen LogP contribution in [0.3, 0.4) is 0 Å². The van der Waals surface area contributed by atoms with Crippen molar-refractivity contribution in [3.8, 4) is 0 Å². The number of amides is 1. The number of halogens is 1. The van der Waals surface area contributed by atoms with Gasteiger partial charge in [-0.1, -0.05) is 0 Å². The normalized spacial score (nSPS) is 30.6. The standard InChI is InChI=1S/C15H21FN4O2/c1-10-9-22-6-5-20(10)15-18-13(7-14(21)19(15)2)11-3-4-17-8-12(11)16/h3-4,8,10,13,15,18H,5-7,9H2,1-2H3/t10-,13?,15?/m0/s1. The second kappa shape index (κ2) is 6.28. The summed E-state index contributed by atoms with van der Waals surface area (Å²) in [6, 6.07) is 1.49. The van der Waals surface area contributed by atoms with Crippen LogP contribution >= 0.6 is 0 Å². The Morgan fingerprint density at radius 2 is 2.32 bits per heavy atom. The second-order valence-electron chi connectivity index (χ2n) is 5.86. The monoisotopic (exact) mass is 308 g/mol. The number of pyridine rings is 1. The minimum atomic E-state index is -0.383. The van der Waals surface area contributed by atoms with E-state index in [0.29, 0.717) is 18.8 Å². The lowest BCUT2D eigenvalue weighted by Gasteiger charge is -2.47. The summed E-state index contributed by atoms with van der Waals surface area (Å²) in [5, 5.41) is 3.40. The molecule has 3 heterocycles. The molecule has 1 amide bonds. The maximum absolute atomic E-state index is 14.0. The highest BCUT2D eigenvalue weighted by molar-refractivity contribution is 5.78. The smallest absolute Gasteiger partial charge is 0.226 e. The summed E-state index contributed by atoms with van der Waals surface area (Å²) in [6.07, 6.45) is 2.73. The molecule has 0 aromatic carbocycles. The van der Waals surface area contributed by atoms with Crippen LogP contribution in [0.5, 0.6) is 0 Å². The van der Waals surface area contributed by atoms with Crippen molar-refractivity contribution in [3.63, 3.8) is 0 Å². The fraction of sp³-hybridized carbons (Fsp3) is 0.600. The van der Waals surface area contributed by atoms with Gasteiger partial charge in [-0.2, -0.15) is 0 Å². The Morgan fingerprint density at radius 3 is 3.05 bits per heavy atom. The molecule has 0 aliphatic carbocycles. The lowest BCUT2D eigenvalue weighted by atomic mass is 10.0. The van der Waals surface area contributed by atoms with Crippen molar-refractivity contribution in [3.05, 3.63) is 29.8 Å². The molecule has 6 nitrogen and oxygen atoms in total. The van der Waals surface area contributed by atoms with Gasteiger partial charge < -0.3 is 9.64 Å². The van der Waals surface area contributed by atoms with Crippen LogP contribution in [0.15, 0.2) is 18.5 Å². The number of hydrogen-bond acceptors (Lipinski definition) is 5. The topological polar surface area (TPSA) is 57.7 Å². The van der Waals surface area contributed by atoms with Gasteiger partial charge in [-0.05, 0) is 13.0 Å². The quantitative estimate of drug-likeness (QED) is 0.872. The van der Waals surface area contributed by atoms with E-state index >= 15 is 0 Å². The zero-order valence-corrected chi connectivity index (χ0v) is 12.8. The van der Waals surface area contributed by atoms with Crippen molar-refractivity contribution in [1.29, 1.82) is 0 Å². The van der Waals surface area contributed by atoms with E-state index in [2.05, 4.69) is 22.1 Å². The van der Waals surface area contributed by atoms with E-state index in [9.17, 15) is 9.18 Å². The lowest BCUT2D eigenvalue weighted by Crippen LogP contribution is -2.65. The first-order valence-corrected chi connectivity index (χ1v) is 7.52.